The van der Waals surface area contributed by atoms with Crippen molar-refractivity contribution in [2.75, 3.05) is 35.4 Å². The summed E-state index contributed by atoms with van der Waals surface area (Å²) in [4.78, 5) is 28.7. The summed E-state index contributed by atoms with van der Waals surface area (Å²) in [7, 11) is -3.95. The van der Waals surface area contributed by atoms with Crippen molar-refractivity contribution in [3.05, 3.63) is 48.5 Å². The summed E-state index contributed by atoms with van der Waals surface area (Å²) in [5.41, 5.74) is 1.11. The third-order valence-electron chi connectivity index (χ3n) is 6.49. The first-order valence-corrected chi connectivity index (χ1v) is 12.9. The highest BCUT2D eigenvalue weighted by atomic mass is 32.2. The van der Waals surface area contributed by atoms with Crippen molar-refractivity contribution in [3.63, 3.8) is 0 Å². The molecule has 1 atom stereocenters. The molecule has 0 radical (unpaired) electrons. The van der Waals surface area contributed by atoms with E-state index in [1.54, 1.807) is 46.2 Å². The van der Waals surface area contributed by atoms with E-state index in [9.17, 15) is 18.0 Å². The number of nitrogens with zero attached hydrogens (tertiary/aromatic N) is 3. The molecule has 2 saturated heterocycles. The van der Waals surface area contributed by atoms with Crippen LogP contribution in [0.1, 0.15) is 32.1 Å². The number of benzene rings is 2. The number of anilines is 2. The molecule has 2 aromatic rings. The molecule has 174 valence electrons. The number of ether oxygens (including phenoxy) is 1. The van der Waals surface area contributed by atoms with E-state index < -0.39 is 16.1 Å². The first-order valence-electron chi connectivity index (χ1n) is 11.4. The smallest absolute Gasteiger partial charge is 0.265 e. The lowest BCUT2D eigenvalue weighted by molar-refractivity contribution is -0.139. The number of amides is 2. The van der Waals surface area contributed by atoms with Gasteiger partial charge in [-0.15, -0.1) is 0 Å². The van der Waals surface area contributed by atoms with Crippen molar-refractivity contribution in [1.82, 2.24) is 4.90 Å². The second-order valence-electron chi connectivity index (χ2n) is 8.64. The zero-order valence-electron chi connectivity index (χ0n) is 18.4. The minimum absolute atomic E-state index is 0.0479. The number of hydrogen-bond acceptors (Lipinski definition) is 5. The Balaban J connectivity index is 1.44. The van der Waals surface area contributed by atoms with Gasteiger partial charge in [-0.05, 0) is 62.1 Å². The molecule has 0 aliphatic carbocycles. The van der Waals surface area contributed by atoms with E-state index in [1.165, 1.54) is 16.4 Å². The Morgan fingerprint density at radius 3 is 2.33 bits per heavy atom. The predicted molar refractivity (Wildman–Crippen MR) is 124 cm³/mol. The van der Waals surface area contributed by atoms with E-state index in [2.05, 4.69) is 0 Å². The molecule has 5 rings (SSSR count). The van der Waals surface area contributed by atoms with Crippen molar-refractivity contribution in [3.8, 4) is 5.75 Å². The maximum atomic E-state index is 13.7. The standard InChI is InChI=1S/C24H27N3O5S/c28-23-9-6-16-26(23)18-10-12-19(13-11-18)33(30,31)27-17-22(24(29)25-14-4-1-5-15-25)32-21-8-3-2-7-20(21)27/h2-3,7-8,10-13,22H,1,4-6,9,14-17H2/t22-/m1/s1. The van der Waals surface area contributed by atoms with Crippen molar-refractivity contribution in [2.24, 2.45) is 0 Å². The lowest BCUT2D eigenvalue weighted by atomic mass is 10.1. The highest BCUT2D eigenvalue weighted by Gasteiger charge is 2.39. The first kappa shape index (κ1) is 21.8. The normalized spacial score (nSPS) is 21.0. The summed E-state index contributed by atoms with van der Waals surface area (Å²) < 4.78 is 34.5. The molecule has 3 aliphatic heterocycles. The lowest BCUT2D eigenvalue weighted by Gasteiger charge is -2.37. The molecule has 0 unspecified atom stereocenters. The summed E-state index contributed by atoms with van der Waals surface area (Å²) in [6.45, 7) is 1.90. The van der Waals surface area contributed by atoms with Gasteiger partial charge in [0.15, 0.2) is 6.10 Å². The summed E-state index contributed by atoms with van der Waals surface area (Å²) in [6.07, 6.45) is 3.41. The van der Waals surface area contributed by atoms with Gasteiger partial charge >= 0.3 is 0 Å². The van der Waals surface area contributed by atoms with Crippen LogP contribution < -0.4 is 13.9 Å². The number of piperidine rings is 1. The topological polar surface area (TPSA) is 87.2 Å². The van der Waals surface area contributed by atoms with Gasteiger partial charge < -0.3 is 14.5 Å². The van der Waals surface area contributed by atoms with Crippen molar-refractivity contribution in [2.45, 2.75) is 43.1 Å². The molecule has 0 bridgehead atoms. The molecule has 2 amide bonds. The Kier molecular flexibility index (Phi) is 5.74. The minimum atomic E-state index is -3.95. The average Bonchev–Trinajstić information content (AvgIpc) is 3.29. The van der Waals surface area contributed by atoms with Gasteiger partial charge in [-0.1, -0.05) is 12.1 Å². The van der Waals surface area contributed by atoms with Crippen molar-refractivity contribution >= 4 is 33.2 Å². The molecule has 2 fully saturated rings. The fourth-order valence-electron chi connectivity index (χ4n) is 4.72. The minimum Gasteiger partial charge on any atom is -0.476 e. The van der Waals surface area contributed by atoms with Gasteiger partial charge in [-0.25, -0.2) is 8.42 Å². The molecular formula is C24H27N3O5S. The highest BCUT2D eigenvalue weighted by molar-refractivity contribution is 7.92. The number of para-hydroxylation sites is 2. The van der Waals surface area contributed by atoms with E-state index in [0.717, 1.165) is 25.7 Å². The van der Waals surface area contributed by atoms with Crippen LogP contribution in [0, 0.1) is 0 Å². The third-order valence-corrected chi connectivity index (χ3v) is 8.28. The fraction of sp³-hybridized carbons (Fsp3) is 0.417. The molecule has 0 N–H and O–H groups in total. The number of carbonyl (C=O) groups is 2. The summed E-state index contributed by atoms with van der Waals surface area (Å²) in [5, 5.41) is 0. The number of likely N-dealkylation sites (tertiary alicyclic amines) is 1. The van der Waals surface area contributed by atoms with Crippen LogP contribution >= 0.6 is 0 Å². The number of carbonyl (C=O) groups excluding carboxylic acids is 2. The van der Waals surface area contributed by atoms with Gasteiger partial charge in [-0.2, -0.15) is 0 Å². The second-order valence-corrected chi connectivity index (χ2v) is 10.5. The quantitative estimate of drug-likeness (QED) is 0.687. The van der Waals surface area contributed by atoms with Crippen LogP contribution in [0.5, 0.6) is 5.75 Å². The van der Waals surface area contributed by atoms with Crippen LogP contribution in [0.15, 0.2) is 53.4 Å². The van der Waals surface area contributed by atoms with E-state index in [1.807, 2.05) is 0 Å². The highest BCUT2D eigenvalue weighted by Crippen LogP contribution is 2.37. The Morgan fingerprint density at radius 2 is 1.64 bits per heavy atom. The Labute approximate surface area is 193 Å². The second kappa shape index (κ2) is 8.70. The average molecular weight is 470 g/mol. The van der Waals surface area contributed by atoms with Crippen LogP contribution in [0.2, 0.25) is 0 Å². The number of sulfonamides is 1. The Hall–Kier alpha value is -3.07. The van der Waals surface area contributed by atoms with E-state index >= 15 is 0 Å². The van der Waals surface area contributed by atoms with Gasteiger partial charge in [0.1, 0.15) is 5.75 Å². The van der Waals surface area contributed by atoms with Gasteiger partial charge in [0.2, 0.25) is 5.91 Å². The van der Waals surface area contributed by atoms with E-state index in [0.29, 0.717) is 43.2 Å². The van der Waals surface area contributed by atoms with Crippen LogP contribution in [-0.2, 0) is 19.6 Å². The van der Waals surface area contributed by atoms with Gasteiger partial charge in [0, 0.05) is 31.7 Å². The van der Waals surface area contributed by atoms with Crippen LogP contribution in [0.25, 0.3) is 0 Å². The zero-order valence-corrected chi connectivity index (χ0v) is 19.2. The number of fused-ring (bicyclic) bond motifs is 1. The molecule has 0 saturated carbocycles. The van der Waals surface area contributed by atoms with E-state index in [4.69, 9.17) is 4.74 Å². The summed E-state index contributed by atoms with van der Waals surface area (Å²) >= 11 is 0. The lowest BCUT2D eigenvalue weighted by Crippen LogP contribution is -2.52. The van der Waals surface area contributed by atoms with Gasteiger partial charge in [0.05, 0.1) is 17.1 Å². The molecule has 2 aromatic carbocycles. The fourth-order valence-corrected chi connectivity index (χ4v) is 6.20. The maximum Gasteiger partial charge on any atom is 0.265 e. The molecule has 3 aliphatic rings. The number of hydrogen-bond donors (Lipinski definition) is 0. The molecular weight excluding hydrogens is 442 g/mol. The predicted octanol–water partition coefficient (Wildman–Crippen LogP) is 2.78. The van der Waals surface area contributed by atoms with Crippen molar-refractivity contribution in [1.29, 1.82) is 0 Å². The summed E-state index contributed by atoms with van der Waals surface area (Å²) in [5.74, 6) is 0.251. The Bertz CT molecular complexity index is 1160. The molecule has 9 heteroatoms. The van der Waals surface area contributed by atoms with Gasteiger partial charge in [0.25, 0.3) is 15.9 Å². The molecule has 8 nitrogen and oxygen atoms in total. The maximum absolute atomic E-state index is 13.7. The zero-order chi connectivity index (χ0) is 23.0. The monoisotopic (exact) mass is 469 g/mol. The molecule has 0 aromatic heterocycles. The Morgan fingerprint density at radius 1 is 0.909 bits per heavy atom. The third kappa shape index (κ3) is 4.06. The van der Waals surface area contributed by atoms with Gasteiger partial charge in [-0.3, -0.25) is 13.9 Å². The summed E-state index contributed by atoms with van der Waals surface area (Å²) in [6, 6.07) is 13.3. The van der Waals surface area contributed by atoms with Crippen LogP contribution in [0.4, 0.5) is 11.4 Å². The number of rotatable bonds is 4. The van der Waals surface area contributed by atoms with Crippen LogP contribution in [-0.4, -0.2) is 57.4 Å². The molecule has 0 spiro atoms. The SMILES string of the molecule is O=C([C@H]1CN(S(=O)(=O)c2ccc(N3CCCC3=O)cc2)c2ccccc2O1)N1CCCCC1. The largest absolute Gasteiger partial charge is 0.476 e. The van der Waals surface area contributed by atoms with E-state index in [-0.39, 0.29) is 23.3 Å². The molecule has 33 heavy (non-hydrogen) atoms. The molecule has 3 heterocycles. The van der Waals surface area contributed by atoms with Crippen LogP contribution in [0.3, 0.4) is 0 Å². The first-order chi connectivity index (χ1) is 15.9. The van der Waals surface area contributed by atoms with Crippen molar-refractivity contribution < 1.29 is 22.7 Å².